The molecule has 0 fully saturated rings. The molecule has 11 heteroatoms. The molecule has 57 heavy (non-hydrogen) atoms. The van der Waals surface area contributed by atoms with Gasteiger partial charge in [0, 0.05) is 19.3 Å². The molecule has 0 aliphatic heterocycles. The van der Waals surface area contributed by atoms with Gasteiger partial charge in [-0.15, -0.1) is 0 Å². The molecule has 10 nitrogen and oxygen atoms in total. The van der Waals surface area contributed by atoms with Crippen LogP contribution < -0.4 is 0 Å². The molecule has 0 heterocycles. The number of phosphoric acid groups is 1. The second-order valence-corrected chi connectivity index (χ2v) is 17.9. The van der Waals surface area contributed by atoms with Crippen LogP contribution in [0.4, 0.5) is 0 Å². The molecule has 0 aliphatic rings. The third-order valence-electron chi connectivity index (χ3n) is 9.62. The van der Waals surface area contributed by atoms with E-state index >= 15 is 0 Å². The number of ether oxygens (including phenoxy) is 2. The zero-order valence-electron chi connectivity index (χ0n) is 37.1. The number of ketones is 1. The number of hydrogen-bond donors (Lipinski definition) is 1. The number of nitrogens with zero attached hydrogens (tertiary/aromatic N) is 1. The van der Waals surface area contributed by atoms with Gasteiger partial charge in [0.25, 0.3) is 0 Å². The predicted molar refractivity (Wildman–Crippen MR) is 234 cm³/mol. The SMILES string of the molecule is CCCCC/C=C\C=C\C(=O)CCCCCCCC(=O)O[C@H](COC(=O)CCCCCCCCC/C=C\CCCCCCCC)COP(=O)(O)OCC[N+](C)(C)C. The van der Waals surface area contributed by atoms with Crippen LogP contribution >= 0.6 is 7.82 Å². The predicted octanol–water partition coefficient (Wildman–Crippen LogP) is 12.1. The molecule has 2 atom stereocenters. The number of carbonyl (C=O) groups is 3. The Kier molecular flexibility index (Phi) is 36.7. The molecule has 0 aromatic heterocycles. The van der Waals surface area contributed by atoms with Crippen molar-refractivity contribution in [3.05, 3.63) is 36.5 Å². The molecule has 0 saturated carbocycles. The molecule has 1 unspecified atom stereocenters. The lowest BCUT2D eigenvalue weighted by Crippen LogP contribution is -2.37. The van der Waals surface area contributed by atoms with Crippen molar-refractivity contribution < 1.29 is 46.8 Å². The summed E-state index contributed by atoms with van der Waals surface area (Å²) in [7, 11) is 1.40. The average molecular weight is 827 g/mol. The van der Waals surface area contributed by atoms with Gasteiger partial charge in [-0.2, -0.15) is 0 Å². The molecule has 0 amide bonds. The van der Waals surface area contributed by atoms with Crippen molar-refractivity contribution in [2.75, 3.05) is 47.5 Å². The number of esters is 2. The van der Waals surface area contributed by atoms with Crippen LogP contribution in [0, 0.1) is 0 Å². The number of rotatable bonds is 41. The molecule has 0 aromatic rings. The normalized spacial score (nSPS) is 13.8. The number of phosphoric ester groups is 1. The fraction of sp³-hybridized carbons (Fsp3) is 0.804. The van der Waals surface area contributed by atoms with E-state index in [4.69, 9.17) is 18.5 Å². The summed E-state index contributed by atoms with van der Waals surface area (Å²) in [5.41, 5.74) is 0. The fourth-order valence-electron chi connectivity index (χ4n) is 5.99. The minimum atomic E-state index is -4.41. The molecular weight excluding hydrogens is 741 g/mol. The first kappa shape index (κ1) is 54.9. The van der Waals surface area contributed by atoms with Gasteiger partial charge >= 0.3 is 19.8 Å². The number of unbranched alkanes of at least 4 members (excludes halogenated alkanes) is 20. The van der Waals surface area contributed by atoms with Crippen LogP contribution in [0.2, 0.25) is 0 Å². The van der Waals surface area contributed by atoms with Crippen molar-refractivity contribution in [3.8, 4) is 0 Å². The Labute approximate surface area is 348 Å². The van der Waals surface area contributed by atoms with Crippen molar-refractivity contribution in [3.63, 3.8) is 0 Å². The Balaban J connectivity index is 4.42. The van der Waals surface area contributed by atoms with Crippen molar-refractivity contribution >= 4 is 25.5 Å². The van der Waals surface area contributed by atoms with Gasteiger partial charge in [0.15, 0.2) is 11.9 Å². The van der Waals surface area contributed by atoms with Gasteiger partial charge < -0.3 is 18.9 Å². The second kappa shape index (κ2) is 38.1. The lowest BCUT2D eigenvalue weighted by Gasteiger charge is -2.24. The summed E-state index contributed by atoms with van der Waals surface area (Å²) in [6.07, 6.45) is 38.6. The van der Waals surface area contributed by atoms with Gasteiger partial charge in [-0.3, -0.25) is 23.4 Å². The molecular formula is C46H85NO9P+. The Bertz CT molecular complexity index is 1130. The summed E-state index contributed by atoms with van der Waals surface area (Å²) in [5.74, 6) is -0.774. The van der Waals surface area contributed by atoms with Crippen LogP contribution in [0.1, 0.15) is 187 Å². The van der Waals surface area contributed by atoms with Gasteiger partial charge in [-0.25, -0.2) is 4.57 Å². The van der Waals surface area contributed by atoms with E-state index in [0.29, 0.717) is 30.3 Å². The molecule has 0 radical (unpaired) electrons. The quantitative estimate of drug-likeness (QED) is 0.0122. The minimum absolute atomic E-state index is 0.00875. The Morgan fingerprint density at radius 3 is 1.63 bits per heavy atom. The van der Waals surface area contributed by atoms with E-state index in [1.165, 1.54) is 83.5 Å². The molecule has 0 bridgehead atoms. The third kappa shape index (κ3) is 41.8. The standard InChI is InChI=1S/C46H84NO9P/c1-6-8-10-12-14-15-16-17-18-19-20-21-22-23-25-29-33-37-45(49)53-41-44(42-55-57(51,52)54-40-39-47(3,4)5)56-46(50)38-34-30-26-28-32-36-43(48)35-31-27-24-13-11-9-7-2/h17-18,24,27,31,35,44H,6-16,19-23,25-26,28-30,32-34,36-42H2,1-5H3/p+1/b18-17-,27-24-,35-31+/t44-/m1/s1. The van der Waals surface area contributed by atoms with Gasteiger partial charge in [-0.05, 0) is 63.9 Å². The van der Waals surface area contributed by atoms with Crippen molar-refractivity contribution in [1.29, 1.82) is 0 Å². The highest BCUT2D eigenvalue weighted by Gasteiger charge is 2.27. The maximum Gasteiger partial charge on any atom is 0.472 e. The van der Waals surface area contributed by atoms with Crippen molar-refractivity contribution in [1.82, 2.24) is 0 Å². The van der Waals surface area contributed by atoms with E-state index in [1.54, 1.807) is 6.08 Å². The van der Waals surface area contributed by atoms with E-state index in [9.17, 15) is 23.8 Å². The Morgan fingerprint density at radius 2 is 1.05 bits per heavy atom. The monoisotopic (exact) mass is 827 g/mol. The molecule has 0 saturated heterocycles. The first-order chi connectivity index (χ1) is 27.4. The average Bonchev–Trinajstić information content (AvgIpc) is 3.15. The largest absolute Gasteiger partial charge is 0.472 e. The van der Waals surface area contributed by atoms with Crippen LogP contribution in [0.25, 0.3) is 0 Å². The Morgan fingerprint density at radius 1 is 0.579 bits per heavy atom. The van der Waals surface area contributed by atoms with Crippen LogP contribution in [0.5, 0.6) is 0 Å². The number of hydrogen-bond acceptors (Lipinski definition) is 8. The summed E-state index contributed by atoms with van der Waals surface area (Å²) in [6.45, 7) is 4.22. The van der Waals surface area contributed by atoms with Crippen molar-refractivity contribution in [2.45, 2.75) is 193 Å². The Hall–Kier alpha value is -2.10. The fourth-order valence-corrected chi connectivity index (χ4v) is 6.73. The number of carbonyl (C=O) groups excluding carboxylic acids is 3. The smallest absolute Gasteiger partial charge is 0.462 e. The summed E-state index contributed by atoms with van der Waals surface area (Å²) in [4.78, 5) is 47.4. The van der Waals surface area contributed by atoms with Crippen LogP contribution in [-0.4, -0.2) is 80.7 Å². The van der Waals surface area contributed by atoms with Gasteiger partial charge in [-0.1, -0.05) is 141 Å². The highest BCUT2D eigenvalue weighted by Crippen LogP contribution is 2.43. The maximum atomic E-state index is 12.7. The molecule has 0 spiro atoms. The molecule has 0 rings (SSSR count). The zero-order valence-corrected chi connectivity index (χ0v) is 38.0. The first-order valence-electron chi connectivity index (χ1n) is 22.7. The summed E-state index contributed by atoms with van der Waals surface area (Å²) in [6, 6.07) is 0. The number of allylic oxidation sites excluding steroid dienone is 6. The van der Waals surface area contributed by atoms with E-state index < -0.39 is 32.5 Å². The van der Waals surface area contributed by atoms with Gasteiger partial charge in [0.2, 0.25) is 0 Å². The van der Waals surface area contributed by atoms with E-state index in [-0.39, 0.29) is 31.8 Å². The van der Waals surface area contributed by atoms with Gasteiger partial charge in [0.05, 0.1) is 27.7 Å². The summed E-state index contributed by atoms with van der Waals surface area (Å²) >= 11 is 0. The molecule has 0 aromatic carbocycles. The summed E-state index contributed by atoms with van der Waals surface area (Å²) in [5, 5.41) is 0. The van der Waals surface area contributed by atoms with Crippen LogP contribution in [0.15, 0.2) is 36.5 Å². The highest BCUT2D eigenvalue weighted by atomic mass is 31.2. The van der Waals surface area contributed by atoms with Crippen LogP contribution in [0.3, 0.4) is 0 Å². The van der Waals surface area contributed by atoms with Crippen LogP contribution in [-0.2, 0) is 37.5 Å². The lowest BCUT2D eigenvalue weighted by molar-refractivity contribution is -0.870. The van der Waals surface area contributed by atoms with E-state index in [0.717, 1.165) is 57.8 Å². The molecule has 0 aliphatic carbocycles. The number of likely N-dealkylation sites (N-methyl/N-ethyl adjacent to an activating group) is 1. The molecule has 332 valence electrons. The molecule has 1 N–H and O–H groups in total. The minimum Gasteiger partial charge on any atom is -0.462 e. The van der Waals surface area contributed by atoms with E-state index in [1.807, 2.05) is 33.3 Å². The maximum absolute atomic E-state index is 12.7. The van der Waals surface area contributed by atoms with Gasteiger partial charge in [0.1, 0.15) is 19.8 Å². The zero-order chi connectivity index (χ0) is 42.3. The second-order valence-electron chi connectivity index (χ2n) is 16.5. The highest BCUT2D eigenvalue weighted by molar-refractivity contribution is 7.47. The topological polar surface area (TPSA) is 125 Å². The third-order valence-corrected chi connectivity index (χ3v) is 10.6. The first-order valence-corrected chi connectivity index (χ1v) is 24.2. The summed E-state index contributed by atoms with van der Waals surface area (Å²) < 4.78 is 34.2. The lowest BCUT2D eigenvalue weighted by atomic mass is 10.1. The van der Waals surface area contributed by atoms with E-state index in [2.05, 4.69) is 32.1 Å². The van der Waals surface area contributed by atoms with Crippen molar-refractivity contribution in [2.24, 2.45) is 0 Å². The number of quaternary nitrogens is 1.